The van der Waals surface area contributed by atoms with Gasteiger partial charge in [-0.05, 0) is 12.5 Å². The SMILES string of the molecule is Nc1cc(Cl)c(OCC2CCC(=O)N2)cc1F. The molecule has 17 heavy (non-hydrogen) atoms. The molecule has 0 aromatic heterocycles. The number of halogens is 2. The molecule has 1 aliphatic rings. The Morgan fingerprint density at radius 3 is 3.00 bits per heavy atom. The molecule has 0 radical (unpaired) electrons. The lowest BCUT2D eigenvalue weighted by molar-refractivity contribution is -0.119. The second-order valence-corrected chi connectivity index (χ2v) is 4.33. The largest absolute Gasteiger partial charge is 0.490 e. The molecule has 6 heteroatoms. The second kappa shape index (κ2) is 4.79. The van der Waals surface area contributed by atoms with Crippen molar-refractivity contribution in [1.29, 1.82) is 0 Å². The molecule has 92 valence electrons. The van der Waals surface area contributed by atoms with Gasteiger partial charge in [0.15, 0.2) is 0 Å². The zero-order chi connectivity index (χ0) is 12.4. The molecule has 0 spiro atoms. The van der Waals surface area contributed by atoms with Crippen molar-refractivity contribution in [1.82, 2.24) is 5.32 Å². The van der Waals surface area contributed by atoms with E-state index in [1.807, 2.05) is 0 Å². The van der Waals surface area contributed by atoms with Crippen molar-refractivity contribution in [3.63, 3.8) is 0 Å². The Kier molecular flexibility index (Phi) is 3.38. The predicted molar refractivity (Wildman–Crippen MR) is 62.5 cm³/mol. The molecule has 1 aliphatic heterocycles. The number of ether oxygens (including phenoxy) is 1. The summed E-state index contributed by atoms with van der Waals surface area (Å²) in [5.41, 5.74) is 5.34. The Labute approximate surface area is 103 Å². The molecular formula is C11H12ClFN2O2. The van der Waals surface area contributed by atoms with Gasteiger partial charge in [-0.2, -0.15) is 0 Å². The molecule has 1 fully saturated rings. The van der Waals surface area contributed by atoms with Crippen LogP contribution in [0.1, 0.15) is 12.8 Å². The maximum absolute atomic E-state index is 13.2. The fourth-order valence-electron chi connectivity index (χ4n) is 1.65. The van der Waals surface area contributed by atoms with Crippen molar-refractivity contribution in [2.75, 3.05) is 12.3 Å². The summed E-state index contributed by atoms with van der Waals surface area (Å²) in [5.74, 6) is -0.326. The van der Waals surface area contributed by atoms with E-state index >= 15 is 0 Å². The topological polar surface area (TPSA) is 64.3 Å². The van der Waals surface area contributed by atoms with Gasteiger partial charge in [-0.15, -0.1) is 0 Å². The standard InChI is InChI=1S/C11H12ClFN2O2/c12-7-3-9(14)8(13)4-10(7)17-5-6-1-2-11(16)15-6/h3-4,6H,1-2,5,14H2,(H,15,16). The number of rotatable bonds is 3. The Balaban J connectivity index is 1.99. The number of benzene rings is 1. The van der Waals surface area contributed by atoms with Crippen LogP contribution in [0.25, 0.3) is 0 Å². The van der Waals surface area contributed by atoms with E-state index in [1.54, 1.807) is 0 Å². The fraction of sp³-hybridized carbons (Fsp3) is 0.364. The highest BCUT2D eigenvalue weighted by atomic mass is 35.5. The lowest BCUT2D eigenvalue weighted by atomic mass is 10.2. The molecule has 1 aromatic carbocycles. The number of nitrogens with two attached hydrogens (primary N) is 1. The van der Waals surface area contributed by atoms with Gasteiger partial charge in [0, 0.05) is 12.5 Å². The van der Waals surface area contributed by atoms with Crippen molar-refractivity contribution in [3.05, 3.63) is 23.0 Å². The predicted octanol–water partition coefficient (Wildman–Crippen LogP) is 1.72. The zero-order valence-electron chi connectivity index (χ0n) is 9.00. The monoisotopic (exact) mass is 258 g/mol. The van der Waals surface area contributed by atoms with Crippen molar-refractivity contribution < 1.29 is 13.9 Å². The van der Waals surface area contributed by atoms with Gasteiger partial charge in [0.05, 0.1) is 16.8 Å². The quantitative estimate of drug-likeness (QED) is 0.812. The fourth-order valence-corrected chi connectivity index (χ4v) is 1.87. The third-order valence-corrected chi connectivity index (χ3v) is 2.87. The average Bonchev–Trinajstić information content (AvgIpc) is 2.68. The van der Waals surface area contributed by atoms with E-state index in [0.29, 0.717) is 12.8 Å². The summed E-state index contributed by atoms with van der Waals surface area (Å²) < 4.78 is 18.6. The first kappa shape index (κ1) is 12.0. The van der Waals surface area contributed by atoms with Crippen LogP contribution >= 0.6 is 11.6 Å². The zero-order valence-corrected chi connectivity index (χ0v) is 9.76. The van der Waals surface area contributed by atoms with Crippen LogP contribution in [0, 0.1) is 5.82 Å². The molecule has 3 N–H and O–H groups in total. The molecule has 2 rings (SSSR count). The Bertz CT molecular complexity index is 453. The molecule has 0 bridgehead atoms. The van der Waals surface area contributed by atoms with E-state index < -0.39 is 5.82 Å². The van der Waals surface area contributed by atoms with Crippen LogP contribution in [0.15, 0.2) is 12.1 Å². The van der Waals surface area contributed by atoms with Gasteiger partial charge in [0.2, 0.25) is 5.91 Å². The average molecular weight is 259 g/mol. The number of anilines is 1. The number of amides is 1. The summed E-state index contributed by atoms with van der Waals surface area (Å²) >= 11 is 5.86. The summed E-state index contributed by atoms with van der Waals surface area (Å²) in [6, 6.07) is 2.41. The van der Waals surface area contributed by atoms with Gasteiger partial charge in [0.25, 0.3) is 0 Å². The van der Waals surface area contributed by atoms with Gasteiger partial charge < -0.3 is 15.8 Å². The first-order valence-electron chi connectivity index (χ1n) is 5.23. The third-order valence-electron chi connectivity index (χ3n) is 2.58. The maximum atomic E-state index is 13.2. The summed E-state index contributed by atoms with van der Waals surface area (Å²) in [4.78, 5) is 11.0. The van der Waals surface area contributed by atoms with Crippen LogP contribution in [-0.4, -0.2) is 18.6 Å². The third kappa shape index (κ3) is 2.79. The van der Waals surface area contributed by atoms with Crippen LogP contribution in [0.4, 0.5) is 10.1 Å². The number of hydrogen-bond acceptors (Lipinski definition) is 3. The molecule has 1 saturated heterocycles. The van der Waals surface area contributed by atoms with E-state index in [9.17, 15) is 9.18 Å². The first-order valence-corrected chi connectivity index (χ1v) is 5.60. The number of carbonyl (C=O) groups excluding carboxylic acids is 1. The van der Waals surface area contributed by atoms with E-state index in [-0.39, 0.29) is 35.0 Å². The van der Waals surface area contributed by atoms with Gasteiger partial charge >= 0.3 is 0 Å². The Morgan fingerprint density at radius 2 is 2.35 bits per heavy atom. The lowest BCUT2D eigenvalue weighted by Crippen LogP contribution is -2.30. The highest BCUT2D eigenvalue weighted by molar-refractivity contribution is 6.32. The van der Waals surface area contributed by atoms with Crippen molar-refractivity contribution in [3.8, 4) is 5.75 Å². The minimum atomic E-state index is -0.570. The first-order chi connectivity index (χ1) is 8.06. The van der Waals surface area contributed by atoms with Gasteiger partial charge in [-0.25, -0.2) is 4.39 Å². The minimum absolute atomic E-state index is 0.00758. The van der Waals surface area contributed by atoms with Crippen LogP contribution in [0.2, 0.25) is 5.02 Å². The van der Waals surface area contributed by atoms with Gasteiger partial charge in [0.1, 0.15) is 18.2 Å². The molecule has 1 unspecified atom stereocenters. The molecule has 1 aromatic rings. The summed E-state index contributed by atoms with van der Waals surface area (Å²) in [6.45, 7) is 0.273. The van der Waals surface area contributed by atoms with Gasteiger partial charge in [-0.1, -0.05) is 11.6 Å². The van der Waals surface area contributed by atoms with Crippen LogP contribution in [-0.2, 0) is 4.79 Å². The molecule has 4 nitrogen and oxygen atoms in total. The molecule has 1 amide bonds. The Morgan fingerprint density at radius 1 is 1.59 bits per heavy atom. The number of nitrogen functional groups attached to an aromatic ring is 1. The molecule has 0 aliphatic carbocycles. The number of nitrogens with one attached hydrogen (secondary N) is 1. The summed E-state index contributed by atoms with van der Waals surface area (Å²) in [5, 5.41) is 3.00. The minimum Gasteiger partial charge on any atom is -0.490 e. The highest BCUT2D eigenvalue weighted by Crippen LogP contribution is 2.29. The summed E-state index contributed by atoms with van der Waals surface area (Å²) in [6.07, 6.45) is 1.21. The second-order valence-electron chi connectivity index (χ2n) is 3.92. The van der Waals surface area contributed by atoms with Crippen LogP contribution in [0.5, 0.6) is 5.75 Å². The van der Waals surface area contributed by atoms with Crippen molar-refractivity contribution in [2.45, 2.75) is 18.9 Å². The molecular weight excluding hydrogens is 247 g/mol. The van der Waals surface area contributed by atoms with E-state index in [2.05, 4.69) is 5.32 Å². The lowest BCUT2D eigenvalue weighted by Gasteiger charge is -2.13. The number of hydrogen-bond donors (Lipinski definition) is 2. The highest BCUT2D eigenvalue weighted by Gasteiger charge is 2.21. The number of carbonyl (C=O) groups is 1. The van der Waals surface area contributed by atoms with Crippen LogP contribution < -0.4 is 15.8 Å². The van der Waals surface area contributed by atoms with E-state index in [1.165, 1.54) is 6.07 Å². The van der Waals surface area contributed by atoms with Gasteiger partial charge in [-0.3, -0.25) is 4.79 Å². The Hall–Kier alpha value is -1.49. The smallest absolute Gasteiger partial charge is 0.220 e. The molecule has 0 saturated carbocycles. The molecule has 1 heterocycles. The van der Waals surface area contributed by atoms with Crippen molar-refractivity contribution >= 4 is 23.2 Å². The van der Waals surface area contributed by atoms with E-state index in [0.717, 1.165) is 6.07 Å². The normalized spacial score (nSPS) is 19.2. The van der Waals surface area contributed by atoms with Crippen molar-refractivity contribution in [2.24, 2.45) is 0 Å². The van der Waals surface area contributed by atoms with Crippen LogP contribution in [0.3, 0.4) is 0 Å². The maximum Gasteiger partial charge on any atom is 0.220 e. The summed E-state index contributed by atoms with van der Waals surface area (Å²) in [7, 11) is 0. The van der Waals surface area contributed by atoms with E-state index in [4.69, 9.17) is 22.1 Å². The molecule has 1 atom stereocenters.